The molecule has 0 aliphatic carbocycles. The van der Waals surface area contributed by atoms with Gasteiger partial charge in [0.05, 0.1) is 11.9 Å². The molecule has 2 heterocycles. The second-order valence-electron chi connectivity index (χ2n) is 6.71. The number of halogens is 1. The highest BCUT2D eigenvalue weighted by atomic mass is 32.2. The number of piperidine rings is 1. The van der Waals surface area contributed by atoms with Crippen LogP contribution in [-0.4, -0.2) is 50.9 Å². The van der Waals surface area contributed by atoms with Crippen LogP contribution >= 0.6 is 0 Å². The van der Waals surface area contributed by atoms with Gasteiger partial charge in [-0.25, -0.2) is 17.5 Å². The van der Waals surface area contributed by atoms with Crippen molar-refractivity contribution in [2.45, 2.75) is 44.4 Å². The first-order valence-electron chi connectivity index (χ1n) is 8.58. The first-order valence-corrected chi connectivity index (χ1v) is 10.2. The van der Waals surface area contributed by atoms with E-state index < -0.39 is 10.0 Å². The van der Waals surface area contributed by atoms with Gasteiger partial charge >= 0.3 is 0 Å². The summed E-state index contributed by atoms with van der Waals surface area (Å²) < 4.78 is 45.6. The molecular formula is C17H25FN2O3S. The third-order valence-corrected chi connectivity index (χ3v) is 6.19. The molecule has 0 amide bonds. The number of nitrogens with zero attached hydrogens (tertiary/aromatic N) is 1. The topological polar surface area (TPSA) is 58.6 Å². The Labute approximate surface area is 143 Å². The van der Waals surface area contributed by atoms with Gasteiger partial charge in [-0.05, 0) is 43.4 Å². The molecule has 0 radical (unpaired) electrons. The zero-order valence-electron chi connectivity index (χ0n) is 13.8. The van der Waals surface area contributed by atoms with E-state index in [1.165, 1.54) is 12.1 Å². The smallest absolute Gasteiger partial charge is 0.214 e. The third-order valence-electron chi connectivity index (χ3n) is 4.68. The van der Waals surface area contributed by atoms with Gasteiger partial charge in [0.1, 0.15) is 5.82 Å². The highest BCUT2D eigenvalue weighted by Crippen LogP contribution is 2.17. The molecule has 0 bridgehead atoms. The summed E-state index contributed by atoms with van der Waals surface area (Å²) in [5.74, 6) is -0.152. The van der Waals surface area contributed by atoms with Crippen molar-refractivity contribution in [1.82, 2.24) is 9.62 Å². The van der Waals surface area contributed by atoms with Crippen molar-refractivity contribution in [3.05, 3.63) is 35.6 Å². The largest absolute Gasteiger partial charge is 0.377 e. The van der Waals surface area contributed by atoms with E-state index in [0.717, 1.165) is 50.9 Å². The number of hydrogen-bond acceptors (Lipinski definition) is 4. The molecule has 1 atom stereocenters. The average molecular weight is 356 g/mol. The van der Waals surface area contributed by atoms with E-state index in [1.54, 1.807) is 12.1 Å². The molecule has 2 saturated heterocycles. The molecule has 24 heavy (non-hydrogen) atoms. The van der Waals surface area contributed by atoms with E-state index in [-0.39, 0.29) is 23.7 Å². The summed E-state index contributed by atoms with van der Waals surface area (Å²) in [7, 11) is -3.28. The van der Waals surface area contributed by atoms with Gasteiger partial charge in [0.2, 0.25) is 10.0 Å². The normalized spacial score (nSPS) is 23.6. The number of hydrogen-bond donors (Lipinski definition) is 1. The van der Waals surface area contributed by atoms with E-state index in [9.17, 15) is 12.8 Å². The first kappa shape index (κ1) is 17.8. The molecule has 1 N–H and O–H groups in total. The number of nitrogens with one attached hydrogen (secondary N) is 1. The summed E-state index contributed by atoms with van der Waals surface area (Å²) in [4.78, 5) is 2.28. The Kier molecular flexibility index (Phi) is 5.86. The van der Waals surface area contributed by atoms with Crippen molar-refractivity contribution in [1.29, 1.82) is 0 Å². The van der Waals surface area contributed by atoms with Crippen LogP contribution in [0.3, 0.4) is 0 Å². The standard InChI is InChI=1S/C17H25FN2O3S/c18-15-5-3-14(4-6-15)12-20-9-7-16(8-10-20)19-24(21,22)13-17-2-1-11-23-17/h3-6,16-17,19H,1-2,7-13H2. The molecule has 7 heteroatoms. The van der Waals surface area contributed by atoms with Crippen LogP contribution in [-0.2, 0) is 21.3 Å². The van der Waals surface area contributed by atoms with Crippen LogP contribution in [0, 0.1) is 5.82 Å². The molecule has 0 saturated carbocycles. The van der Waals surface area contributed by atoms with Crippen molar-refractivity contribution >= 4 is 10.0 Å². The van der Waals surface area contributed by atoms with Gasteiger partial charge in [-0.15, -0.1) is 0 Å². The maximum atomic E-state index is 12.9. The van der Waals surface area contributed by atoms with E-state index in [4.69, 9.17) is 4.74 Å². The van der Waals surface area contributed by atoms with Gasteiger partial charge in [0.25, 0.3) is 0 Å². The van der Waals surface area contributed by atoms with E-state index in [1.807, 2.05) is 0 Å². The van der Waals surface area contributed by atoms with Crippen LogP contribution in [0.5, 0.6) is 0 Å². The van der Waals surface area contributed by atoms with Gasteiger partial charge in [0, 0.05) is 32.3 Å². The molecule has 3 rings (SSSR count). The fraction of sp³-hybridized carbons (Fsp3) is 0.647. The van der Waals surface area contributed by atoms with Crippen LogP contribution in [0.15, 0.2) is 24.3 Å². The lowest BCUT2D eigenvalue weighted by atomic mass is 10.1. The quantitative estimate of drug-likeness (QED) is 0.846. The van der Waals surface area contributed by atoms with Crippen LogP contribution < -0.4 is 4.72 Å². The summed E-state index contributed by atoms with van der Waals surface area (Å²) in [6, 6.07) is 6.54. The Hall–Kier alpha value is -1.02. The summed E-state index contributed by atoms with van der Waals surface area (Å²) >= 11 is 0. The summed E-state index contributed by atoms with van der Waals surface area (Å²) in [5.41, 5.74) is 1.08. The van der Waals surface area contributed by atoms with Crippen LogP contribution in [0.4, 0.5) is 4.39 Å². The summed E-state index contributed by atoms with van der Waals surface area (Å²) in [6.07, 6.45) is 3.22. The molecule has 5 nitrogen and oxygen atoms in total. The van der Waals surface area contributed by atoms with Crippen molar-refractivity contribution in [3.63, 3.8) is 0 Å². The SMILES string of the molecule is O=S(=O)(CC1CCCO1)NC1CCN(Cc2ccc(F)cc2)CC1. The maximum absolute atomic E-state index is 12.9. The lowest BCUT2D eigenvalue weighted by Gasteiger charge is -2.32. The molecule has 2 fully saturated rings. The fourth-order valence-corrected chi connectivity index (χ4v) is 4.97. The molecule has 0 aromatic heterocycles. The lowest BCUT2D eigenvalue weighted by Crippen LogP contribution is -2.46. The number of sulfonamides is 1. The Morgan fingerprint density at radius 3 is 2.50 bits per heavy atom. The van der Waals surface area contributed by atoms with Gasteiger partial charge in [-0.3, -0.25) is 4.90 Å². The van der Waals surface area contributed by atoms with Crippen LogP contribution in [0.25, 0.3) is 0 Å². The van der Waals surface area contributed by atoms with Crippen molar-refractivity contribution in [2.75, 3.05) is 25.4 Å². The minimum atomic E-state index is -3.28. The molecule has 2 aliphatic heterocycles. The monoisotopic (exact) mass is 356 g/mol. The summed E-state index contributed by atoms with van der Waals surface area (Å²) in [6.45, 7) is 3.12. The third kappa shape index (κ3) is 5.24. The Morgan fingerprint density at radius 2 is 1.88 bits per heavy atom. The van der Waals surface area contributed by atoms with E-state index in [2.05, 4.69) is 9.62 Å². The zero-order chi connectivity index (χ0) is 17.0. The minimum Gasteiger partial charge on any atom is -0.377 e. The molecule has 0 spiro atoms. The Bertz CT molecular complexity index is 622. The fourth-order valence-electron chi connectivity index (χ4n) is 3.38. The second kappa shape index (κ2) is 7.91. The van der Waals surface area contributed by atoms with Crippen molar-refractivity contribution in [3.8, 4) is 0 Å². The Morgan fingerprint density at radius 1 is 1.17 bits per heavy atom. The number of rotatable bonds is 6. The molecule has 2 aliphatic rings. The lowest BCUT2D eigenvalue weighted by molar-refractivity contribution is 0.127. The molecular weight excluding hydrogens is 331 g/mol. The predicted octanol–water partition coefficient (Wildman–Crippen LogP) is 1.89. The van der Waals surface area contributed by atoms with Gasteiger partial charge in [-0.1, -0.05) is 12.1 Å². The minimum absolute atomic E-state index is 0.000806. The van der Waals surface area contributed by atoms with Crippen molar-refractivity contribution < 1.29 is 17.5 Å². The summed E-state index contributed by atoms with van der Waals surface area (Å²) in [5, 5.41) is 0. The molecule has 1 aromatic rings. The molecule has 1 unspecified atom stereocenters. The number of likely N-dealkylation sites (tertiary alicyclic amines) is 1. The molecule has 134 valence electrons. The van der Waals surface area contributed by atoms with Gasteiger partial charge < -0.3 is 4.74 Å². The number of ether oxygens (including phenoxy) is 1. The van der Waals surface area contributed by atoms with Crippen LogP contribution in [0.1, 0.15) is 31.2 Å². The van der Waals surface area contributed by atoms with Gasteiger partial charge in [-0.2, -0.15) is 0 Å². The highest BCUT2D eigenvalue weighted by molar-refractivity contribution is 7.89. The van der Waals surface area contributed by atoms with Crippen molar-refractivity contribution in [2.24, 2.45) is 0 Å². The second-order valence-corrected chi connectivity index (χ2v) is 8.51. The predicted molar refractivity (Wildman–Crippen MR) is 90.6 cm³/mol. The van der Waals surface area contributed by atoms with E-state index in [0.29, 0.717) is 6.61 Å². The molecule has 1 aromatic carbocycles. The Balaban J connectivity index is 1.43. The highest BCUT2D eigenvalue weighted by Gasteiger charge is 2.27. The average Bonchev–Trinajstić information content (AvgIpc) is 3.03. The first-order chi connectivity index (χ1) is 11.5. The maximum Gasteiger partial charge on any atom is 0.214 e. The van der Waals surface area contributed by atoms with Gasteiger partial charge in [0.15, 0.2) is 0 Å². The van der Waals surface area contributed by atoms with Crippen LogP contribution in [0.2, 0.25) is 0 Å². The number of benzene rings is 1. The van der Waals surface area contributed by atoms with E-state index >= 15 is 0 Å². The zero-order valence-corrected chi connectivity index (χ0v) is 14.6.